The molecule has 0 saturated heterocycles. The Kier molecular flexibility index (Phi) is 4.16. The fourth-order valence-corrected chi connectivity index (χ4v) is 2.14. The van der Waals surface area contributed by atoms with Crippen LogP contribution in [0.15, 0.2) is 12.3 Å². The van der Waals surface area contributed by atoms with Crippen LogP contribution in [0.2, 0.25) is 0 Å². The Morgan fingerprint density at radius 1 is 1.60 bits per heavy atom. The molecule has 1 fully saturated rings. The average Bonchev–Trinajstić information content (AvgIpc) is 3.21. The van der Waals surface area contributed by atoms with E-state index in [1.807, 2.05) is 6.92 Å². The van der Waals surface area contributed by atoms with E-state index in [0.29, 0.717) is 11.7 Å². The van der Waals surface area contributed by atoms with Gasteiger partial charge < -0.3 is 10.6 Å². The molecule has 0 spiro atoms. The number of nitrogens with zero attached hydrogens (tertiary/aromatic N) is 2. The number of amides is 1. The van der Waals surface area contributed by atoms with E-state index in [4.69, 9.17) is 0 Å². The van der Waals surface area contributed by atoms with Gasteiger partial charge >= 0.3 is 0 Å². The van der Waals surface area contributed by atoms with Crippen molar-refractivity contribution in [3.8, 4) is 0 Å². The van der Waals surface area contributed by atoms with Crippen molar-refractivity contribution in [2.75, 3.05) is 12.4 Å². The van der Waals surface area contributed by atoms with Crippen LogP contribution < -0.4 is 10.6 Å². The number of nitrogens with one attached hydrogen (secondary N) is 2. The monoisotopic (exact) mass is 278 g/mol. The SMILES string of the molecule is CNc1ncc([N+](=O)[O-])cc1C(=O)NC(C)CC1CC1. The molecule has 2 N–H and O–H groups in total. The van der Waals surface area contributed by atoms with Gasteiger partial charge in [0.2, 0.25) is 0 Å². The number of carbonyl (C=O) groups excluding carboxylic acids is 1. The van der Waals surface area contributed by atoms with Gasteiger partial charge in [0.1, 0.15) is 12.0 Å². The zero-order valence-electron chi connectivity index (χ0n) is 11.5. The van der Waals surface area contributed by atoms with E-state index in [9.17, 15) is 14.9 Å². The summed E-state index contributed by atoms with van der Waals surface area (Å²) in [4.78, 5) is 26.3. The van der Waals surface area contributed by atoms with Crippen molar-refractivity contribution in [3.05, 3.63) is 27.9 Å². The van der Waals surface area contributed by atoms with E-state index in [-0.39, 0.29) is 23.2 Å². The van der Waals surface area contributed by atoms with Gasteiger partial charge in [0.15, 0.2) is 0 Å². The molecular weight excluding hydrogens is 260 g/mol. The van der Waals surface area contributed by atoms with Gasteiger partial charge in [0.25, 0.3) is 11.6 Å². The Balaban J connectivity index is 2.13. The van der Waals surface area contributed by atoms with Crippen LogP contribution in [0.1, 0.15) is 36.5 Å². The maximum atomic E-state index is 12.2. The fourth-order valence-electron chi connectivity index (χ4n) is 2.14. The predicted molar refractivity (Wildman–Crippen MR) is 74.7 cm³/mol. The first-order chi connectivity index (χ1) is 9.51. The second-order valence-corrected chi connectivity index (χ2v) is 5.15. The highest BCUT2D eigenvalue weighted by molar-refractivity contribution is 5.99. The molecule has 7 nitrogen and oxygen atoms in total. The lowest BCUT2D eigenvalue weighted by Gasteiger charge is -2.14. The van der Waals surface area contributed by atoms with Crippen molar-refractivity contribution in [2.45, 2.75) is 32.2 Å². The lowest BCUT2D eigenvalue weighted by molar-refractivity contribution is -0.385. The number of aromatic nitrogens is 1. The lowest BCUT2D eigenvalue weighted by atomic mass is 10.1. The molecule has 20 heavy (non-hydrogen) atoms. The standard InChI is InChI=1S/C13H18N4O3/c1-8(5-9-3-4-9)16-13(18)11-6-10(17(19)20)7-15-12(11)14-2/h6-9H,3-5H2,1-2H3,(H,14,15)(H,16,18). The van der Waals surface area contributed by atoms with E-state index in [0.717, 1.165) is 12.6 Å². The minimum atomic E-state index is -0.559. The Morgan fingerprint density at radius 2 is 2.30 bits per heavy atom. The summed E-state index contributed by atoms with van der Waals surface area (Å²) in [5.41, 5.74) is 0.00772. The quantitative estimate of drug-likeness (QED) is 0.612. The Bertz CT molecular complexity index is 528. The summed E-state index contributed by atoms with van der Waals surface area (Å²) in [5, 5.41) is 16.4. The molecule has 0 aliphatic heterocycles. The first-order valence-electron chi connectivity index (χ1n) is 6.64. The second-order valence-electron chi connectivity index (χ2n) is 5.15. The maximum Gasteiger partial charge on any atom is 0.288 e. The van der Waals surface area contributed by atoms with Crippen LogP contribution in [-0.4, -0.2) is 28.9 Å². The van der Waals surface area contributed by atoms with Gasteiger partial charge in [-0.05, 0) is 19.3 Å². The second kappa shape index (κ2) is 5.85. The Hall–Kier alpha value is -2.18. The van der Waals surface area contributed by atoms with E-state index >= 15 is 0 Å². The minimum absolute atomic E-state index is 0.0546. The molecule has 1 aromatic rings. The van der Waals surface area contributed by atoms with Crippen LogP contribution in [-0.2, 0) is 0 Å². The molecule has 0 radical (unpaired) electrons. The first-order valence-corrected chi connectivity index (χ1v) is 6.64. The summed E-state index contributed by atoms with van der Waals surface area (Å²) >= 11 is 0. The minimum Gasteiger partial charge on any atom is -0.372 e. The third-order valence-corrected chi connectivity index (χ3v) is 3.33. The number of nitro groups is 1. The molecule has 0 aromatic carbocycles. The third-order valence-electron chi connectivity index (χ3n) is 3.33. The van der Waals surface area contributed by atoms with Gasteiger partial charge in [-0.2, -0.15) is 0 Å². The van der Waals surface area contributed by atoms with E-state index < -0.39 is 4.92 Å². The summed E-state index contributed by atoms with van der Waals surface area (Å²) in [6, 6.07) is 1.30. The molecule has 1 unspecified atom stereocenters. The van der Waals surface area contributed by atoms with Gasteiger partial charge in [-0.1, -0.05) is 12.8 Å². The molecule has 1 aromatic heterocycles. The van der Waals surface area contributed by atoms with Gasteiger partial charge in [-0.3, -0.25) is 14.9 Å². The molecule has 7 heteroatoms. The van der Waals surface area contributed by atoms with Crippen LogP contribution in [0, 0.1) is 16.0 Å². The largest absolute Gasteiger partial charge is 0.372 e. The highest BCUT2D eigenvalue weighted by atomic mass is 16.6. The van der Waals surface area contributed by atoms with Gasteiger partial charge in [-0.25, -0.2) is 4.98 Å². The van der Waals surface area contributed by atoms with Crippen molar-refractivity contribution < 1.29 is 9.72 Å². The molecule has 1 aliphatic rings. The van der Waals surface area contributed by atoms with Crippen LogP contribution in [0.5, 0.6) is 0 Å². The Morgan fingerprint density at radius 3 is 2.85 bits per heavy atom. The molecule has 1 aliphatic carbocycles. The number of hydrogen-bond donors (Lipinski definition) is 2. The average molecular weight is 278 g/mol. The normalized spacial score (nSPS) is 15.5. The molecule has 2 rings (SSSR count). The van der Waals surface area contributed by atoms with Crippen molar-refractivity contribution in [1.29, 1.82) is 0 Å². The van der Waals surface area contributed by atoms with Crippen LogP contribution >= 0.6 is 0 Å². The maximum absolute atomic E-state index is 12.2. The molecule has 1 saturated carbocycles. The summed E-state index contributed by atoms with van der Waals surface area (Å²) in [6.07, 6.45) is 4.53. The van der Waals surface area contributed by atoms with Crippen LogP contribution in [0.3, 0.4) is 0 Å². The summed E-state index contributed by atoms with van der Waals surface area (Å²) in [7, 11) is 1.62. The molecular formula is C13H18N4O3. The molecule has 1 amide bonds. The number of pyridine rings is 1. The molecule has 0 bridgehead atoms. The Labute approximate surface area is 116 Å². The zero-order chi connectivity index (χ0) is 14.7. The highest BCUT2D eigenvalue weighted by Gasteiger charge is 2.25. The van der Waals surface area contributed by atoms with Crippen molar-refractivity contribution >= 4 is 17.4 Å². The summed E-state index contributed by atoms with van der Waals surface area (Å²) in [5.74, 6) is 0.711. The van der Waals surface area contributed by atoms with E-state index in [2.05, 4.69) is 15.6 Å². The van der Waals surface area contributed by atoms with E-state index in [1.54, 1.807) is 7.05 Å². The van der Waals surface area contributed by atoms with Crippen LogP contribution in [0.25, 0.3) is 0 Å². The number of carbonyl (C=O) groups is 1. The number of anilines is 1. The van der Waals surface area contributed by atoms with Crippen molar-refractivity contribution in [1.82, 2.24) is 10.3 Å². The molecule has 1 heterocycles. The van der Waals surface area contributed by atoms with Gasteiger partial charge in [0.05, 0.1) is 10.5 Å². The molecule has 108 valence electrons. The van der Waals surface area contributed by atoms with E-state index in [1.165, 1.54) is 18.9 Å². The topological polar surface area (TPSA) is 97.2 Å². The summed E-state index contributed by atoms with van der Waals surface area (Å²) in [6.45, 7) is 1.94. The zero-order valence-corrected chi connectivity index (χ0v) is 11.5. The fraction of sp³-hybridized carbons (Fsp3) is 0.538. The van der Waals surface area contributed by atoms with Gasteiger partial charge in [-0.15, -0.1) is 0 Å². The van der Waals surface area contributed by atoms with Crippen LogP contribution in [0.4, 0.5) is 11.5 Å². The smallest absolute Gasteiger partial charge is 0.288 e. The third kappa shape index (κ3) is 3.43. The predicted octanol–water partition coefficient (Wildman–Crippen LogP) is 1.95. The van der Waals surface area contributed by atoms with Crippen molar-refractivity contribution in [2.24, 2.45) is 5.92 Å². The number of rotatable bonds is 6. The van der Waals surface area contributed by atoms with Crippen molar-refractivity contribution in [3.63, 3.8) is 0 Å². The number of hydrogen-bond acceptors (Lipinski definition) is 5. The first kappa shape index (κ1) is 14.2. The lowest BCUT2D eigenvalue weighted by Crippen LogP contribution is -2.33. The van der Waals surface area contributed by atoms with Gasteiger partial charge in [0, 0.05) is 19.2 Å². The highest BCUT2D eigenvalue weighted by Crippen LogP contribution is 2.33. The summed E-state index contributed by atoms with van der Waals surface area (Å²) < 4.78 is 0. The molecule has 1 atom stereocenters.